The minimum Gasteiger partial charge on any atom is -0.258 e. The minimum atomic E-state index is -4.65. The van der Waals surface area contributed by atoms with E-state index in [1.807, 2.05) is 0 Å². The molecule has 0 saturated carbocycles. The molecule has 104 valence electrons. The molecule has 0 aliphatic heterocycles. The zero-order valence-corrected chi connectivity index (χ0v) is 9.89. The third-order valence-electron chi connectivity index (χ3n) is 2.14. The van der Waals surface area contributed by atoms with Gasteiger partial charge in [-0.2, -0.15) is 13.2 Å². The Kier molecular flexibility index (Phi) is 4.94. The summed E-state index contributed by atoms with van der Waals surface area (Å²) in [5.41, 5.74) is 6.02. The van der Waals surface area contributed by atoms with Gasteiger partial charge in [-0.25, -0.2) is 0 Å². The van der Waals surface area contributed by atoms with Crippen LogP contribution in [0.25, 0.3) is 10.4 Å². The lowest BCUT2D eigenvalue weighted by atomic mass is 10.1. The van der Waals surface area contributed by atoms with Gasteiger partial charge >= 0.3 is 6.18 Å². The van der Waals surface area contributed by atoms with Crippen LogP contribution >= 0.6 is 0 Å². The van der Waals surface area contributed by atoms with Crippen molar-refractivity contribution in [3.05, 3.63) is 49.9 Å². The van der Waals surface area contributed by atoms with Crippen LogP contribution in [-0.4, -0.2) is 11.5 Å². The summed E-state index contributed by atoms with van der Waals surface area (Å²) in [6, 6.07) is 2.16. The number of halogens is 3. The molecule has 1 aromatic carbocycles. The van der Waals surface area contributed by atoms with Gasteiger partial charge in [-0.3, -0.25) is 10.1 Å². The predicted molar refractivity (Wildman–Crippen MR) is 63.6 cm³/mol. The number of nitro benzene ring substituents is 1. The molecule has 0 atom stereocenters. The average molecular weight is 284 g/mol. The molecule has 0 unspecified atom stereocenters. The highest BCUT2D eigenvalue weighted by Crippen LogP contribution is 2.33. The zero-order valence-electron chi connectivity index (χ0n) is 9.89. The Morgan fingerprint density at radius 3 is 2.70 bits per heavy atom. The number of non-ortho nitro benzene ring substituents is 1. The van der Waals surface area contributed by atoms with Crippen molar-refractivity contribution in [2.75, 3.05) is 6.54 Å². The van der Waals surface area contributed by atoms with Gasteiger partial charge in [0.25, 0.3) is 5.69 Å². The molecule has 0 fully saturated rings. The summed E-state index contributed by atoms with van der Waals surface area (Å²) < 4.78 is 38.1. The fraction of sp³-hybridized carbons (Fsp3) is 0.273. The van der Waals surface area contributed by atoms with Crippen molar-refractivity contribution >= 4 is 5.69 Å². The van der Waals surface area contributed by atoms with Crippen LogP contribution in [0.4, 0.5) is 18.9 Å². The van der Waals surface area contributed by atoms with Crippen LogP contribution in [0.3, 0.4) is 0 Å². The number of nitro groups is 1. The lowest BCUT2D eigenvalue weighted by molar-refractivity contribution is -0.384. The normalized spacial score (nSPS) is 10.2. The highest BCUT2D eigenvalue weighted by molar-refractivity contribution is 5.49. The van der Waals surface area contributed by atoms with E-state index >= 15 is 0 Å². The Bertz CT molecular complexity index is 625. The van der Waals surface area contributed by atoms with Gasteiger partial charge in [0, 0.05) is 35.6 Å². The molecule has 0 saturated heterocycles. The highest BCUT2D eigenvalue weighted by atomic mass is 19.4. The molecule has 9 heteroatoms. The molecule has 0 N–H and O–H groups in total. The van der Waals surface area contributed by atoms with Crippen molar-refractivity contribution in [3.63, 3.8) is 0 Å². The quantitative estimate of drug-likeness (QED) is 0.161. The van der Waals surface area contributed by atoms with Crippen LogP contribution in [0.15, 0.2) is 23.3 Å². The molecule has 0 aliphatic rings. The van der Waals surface area contributed by atoms with Gasteiger partial charge in [0.05, 0.1) is 10.5 Å². The Hall–Kier alpha value is -2.72. The molecule has 20 heavy (non-hydrogen) atoms. The van der Waals surface area contributed by atoms with Crippen LogP contribution in [0, 0.1) is 22.0 Å². The maximum atomic E-state index is 12.7. The van der Waals surface area contributed by atoms with E-state index < -0.39 is 27.9 Å². The van der Waals surface area contributed by atoms with Crippen molar-refractivity contribution < 1.29 is 18.1 Å². The monoisotopic (exact) mass is 284 g/mol. The summed E-state index contributed by atoms with van der Waals surface area (Å²) in [5, 5.41) is 13.7. The molecule has 6 nitrogen and oxygen atoms in total. The molecular formula is C11H7F3N4O2. The first-order valence-electron chi connectivity index (χ1n) is 5.21. The molecule has 0 radical (unpaired) electrons. The van der Waals surface area contributed by atoms with E-state index in [-0.39, 0.29) is 13.0 Å². The van der Waals surface area contributed by atoms with Gasteiger partial charge < -0.3 is 0 Å². The molecule has 0 heterocycles. The summed E-state index contributed by atoms with van der Waals surface area (Å²) in [6.07, 6.45) is -4.59. The smallest absolute Gasteiger partial charge is 0.258 e. The second-order valence-corrected chi connectivity index (χ2v) is 3.49. The number of nitrogens with zero attached hydrogens (tertiary/aromatic N) is 4. The van der Waals surface area contributed by atoms with E-state index in [4.69, 9.17) is 5.53 Å². The summed E-state index contributed by atoms with van der Waals surface area (Å²) in [7, 11) is 0. The molecule has 1 aromatic rings. The van der Waals surface area contributed by atoms with Gasteiger partial charge in [0.2, 0.25) is 0 Å². The summed E-state index contributed by atoms with van der Waals surface area (Å²) >= 11 is 0. The van der Waals surface area contributed by atoms with Crippen LogP contribution < -0.4 is 0 Å². The van der Waals surface area contributed by atoms with Crippen molar-refractivity contribution in [1.29, 1.82) is 0 Å². The Morgan fingerprint density at radius 2 is 2.15 bits per heavy atom. The Labute approximate surface area is 111 Å². The van der Waals surface area contributed by atoms with Crippen molar-refractivity contribution in [2.45, 2.75) is 12.6 Å². The first-order chi connectivity index (χ1) is 9.36. The van der Waals surface area contributed by atoms with E-state index in [1.54, 1.807) is 0 Å². The molecular weight excluding hydrogens is 277 g/mol. The first-order valence-corrected chi connectivity index (χ1v) is 5.21. The Balaban J connectivity index is 3.15. The van der Waals surface area contributed by atoms with E-state index in [1.165, 1.54) is 0 Å². The molecule has 1 rings (SSSR count). The number of alkyl halides is 3. The molecule has 0 aromatic heterocycles. The van der Waals surface area contributed by atoms with E-state index in [2.05, 4.69) is 21.9 Å². The summed E-state index contributed by atoms with van der Waals surface area (Å²) in [5.74, 6) is 4.59. The topological polar surface area (TPSA) is 91.9 Å². The number of hydrogen-bond donors (Lipinski definition) is 0. The highest BCUT2D eigenvalue weighted by Gasteiger charge is 2.33. The van der Waals surface area contributed by atoms with Crippen LogP contribution in [0.2, 0.25) is 0 Å². The fourth-order valence-electron chi connectivity index (χ4n) is 1.30. The van der Waals surface area contributed by atoms with E-state index in [0.29, 0.717) is 6.07 Å². The second-order valence-electron chi connectivity index (χ2n) is 3.49. The lowest BCUT2D eigenvalue weighted by Gasteiger charge is -2.08. The third kappa shape index (κ3) is 4.19. The van der Waals surface area contributed by atoms with Crippen molar-refractivity contribution in [3.8, 4) is 11.8 Å². The summed E-state index contributed by atoms with van der Waals surface area (Å²) in [6.45, 7) is 0.0137. The molecule has 0 spiro atoms. The van der Waals surface area contributed by atoms with E-state index in [0.717, 1.165) is 12.1 Å². The number of hydrogen-bond acceptors (Lipinski definition) is 3. The van der Waals surface area contributed by atoms with Crippen LogP contribution in [-0.2, 0) is 6.18 Å². The van der Waals surface area contributed by atoms with Gasteiger partial charge in [-0.1, -0.05) is 17.0 Å². The number of azide groups is 1. The largest absolute Gasteiger partial charge is 0.417 e. The van der Waals surface area contributed by atoms with Crippen molar-refractivity contribution in [1.82, 2.24) is 0 Å². The molecule has 0 amide bonds. The maximum absolute atomic E-state index is 12.7. The maximum Gasteiger partial charge on any atom is 0.417 e. The van der Waals surface area contributed by atoms with Gasteiger partial charge in [-0.15, -0.1) is 0 Å². The SMILES string of the molecule is [N-]=[N+]=NCCC#Cc1cc([N+](=O)[O-])ccc1C(F)(F)F. The molecule has 0 bridgehead atoms. The standard InChI is InChI=1S/C11H7F3N4O2/c12-11(13,14)10-5-4-9(18(19)20)7-8(10)3-1-2-6-16-17-15/h4-5,7H,2,6H2. The number of benzene rings is 1. The summed E-state index contributed by atoms with van der Waals surface area (Å²) in [4.78, 5) is 12.2. The zero-order chi connectivity index (χ0) is 15.2. The fourth-order valence-corrected chi connectivity index (χ4v) is 1.30. The van der Waals surface area contributed by atoms with E-state index in [9.17, 15) is 23.3 Å². The first kappa shape index (κ1) is 15.3. The lowest BCUT2D eigenvalue weighted by Crippen LogP contribution is -2.08. The predicted octanol–water partition coefficient (Wildman–Crippen LogP) is 3.67. The number of rotatable bonds is 3. The average Bonchev–Trinajstić information content (AvgIpc) is 2.37. The van der Waals surface area contributed by atoms with Gasteiger partial charge in [0.1, 0.15) is 0 Å². The second kappa shape index (κ2) is 6.45. The minimum absolute atomic E-state index is 0.0137. The van der Waals surface area contributed by atoms with Crippen molar-refractivity contribution in [2.24, 2.45) is 5.11 Å². The van der Waals surface area contributed by atoms with Gasteiger partial charge in [-0.05, 0) is 11.6 Å². The Morgan fingerprint density at radius 1 is 1.45 bits per heavy atom. The third-order valence-corrected chi connectivity index (χ3v) is 2.14. The van der Waals surface area contributed by atoms with Gasteiger partial charge in [0.15, 0.2) is 0 Å². The van der Waals surface area contributed by atoms with Crippen LogP contribution in [0.5, 0.6) is 0 Å². The molecule has 0 aliphatic carbocycles. The van der Waals surface area contributed by atoms with Crippen LogP contribution in [0.1, 0.15) is 17.5 Å².